The third kappa shape index (κ3) is 36.8. The molecule has 6 nitrogen and oxygen atoms in total. The van der Waals surface area contributed by atoms with Gasteiger partial charge in [0.15, 0.2) is 0 Å². The summed E-state index contributed by atoms with van der Waals surface area (Å²) in [5, 5.41) is 22.3. The summed E-state index contributed by atoms with van der Waals surface area (Å²) in [6.07, 6.45) is 35.4. The molecule has 0 heterocycles. The summed E-state index contributed by atoms with van der Waals surface area (Å²) in [6, 6.07) is 1.33. The number of hydrogen-bond donors (Lipinski definition) is 0. The fourth-order valence-electron chi connectivity index (χ4n) is 7.33. The molecule has 0 radical (unpaired) electrons. The molecular formula is C44H88CaN2O4. The molecule has 0 rings (SSSR count). The Kier molecular flexibility index (Phi) is 44.9. The van der Waals surface area contributed by atoms with E-state index in [4.69, 9.17) is 0 Å². The van der Waals surface area contributed by atoms with Crippen LogP contribution in [0.2, 0.25) is 0 Å². The minimum absolute atomic E-state index is 0. The van der Waals surface area contributed by atoms with Gasteiger partial charge in [0, 0.05) is 37.3 Å². The number of carbonyl (C=O) groups excluding carboxylic acids is 2. The normalized spacial score (nSPS) is 13.7. The SMILES string of the molecule is CCCCCCCCC(C)N(CC(=O)[O-])C(C)CCCCCCCC.CCCCCCCCC(C)N(CC(=O)[O-])C(C)CCCCCCCC.[Ca+2]. The summed E-state index contributed by atoms with van der Waals surface area (Å²) in [5.74, 6) is -1.88. The Morgan fingerprint density at radius 3 is 0.725 bits per heavy atom. The van der Waals surface area contributed by atoms with Crippen LogP contribution in [0.1, 0.15) is 235 Å². The topological polar surface area (TPSA) is 86.7 Å². The van der Waals surface area contributed by atoms with E-state index in [-0.39, 0.29) is 50.8 Å². The molecule has 0 aliphatic rings. The molecule has 0 amide bonds. The van der Waals surface area contributed by atoms with Crippen molar-refractivity contribution in [2.75, 3.05) is 13.1 Å². The van der Waals surface area contributed by atoms with Gasteiger partial charge in [0.05, 0.1) is 11.9 Å². The predicted octanol–water partition coefficient (Wildman–Crippen LogP) is 10.3. The van der Waals surface area contributed by atoms with Gasteiger partial charge in [-0.05, 0) is 53.4 Å². The first kappa shape index (κ1) is 55.5. The van der Waals surface area contributed by atoms with E-state index in [1.54, 1.807) is 0 Å². The van der Waals surface area contributed by atoms with E-state index in [0.717, 1.165) is 25.7 Å². The molecule has 4 atom stereocenters. The van der Waals surface area contributed by atoms with Crippen LogP contribution >= 0.6 is 0 Å². The van der Waals surface area contributed by atoms with Gasteiger partial charge in [0.1, 0.15) is 0 Å². The van der Waals surface area contributed by atoms with Crippen molar-refractivity contribution in [1.82, 2.24) is 9.80 Å². The van der Waals surface area contributed by atoms with E-state index in [1.165, 1.54) is 154 Å². The van der Waals surface area contributed by atoms with Gasteiger partial charge in [-0.3, -0.25) is 9.80 Å². The molecule has 0 saturated heterocycles. The summed E-state index contributed by atoms with van der Waals surface area (Å²) in [6.45, 7) is 17.9. The largest absolute Gasteiger partial charge is 2.00 e. The van der Waals surface area contributed by atoms with Gasteiger partial charge in [-0.15, -0.1) is 0 Å². The van der Waals surface area contributed by atoms with E-state index < -0.39 is 11.9 Å². The standard InChI is InChI=1S/2C22H45NO2.Ca/c2*1-5-7-9-11-13-15-17-20(3)23(19-22(24)25)21(4)18-16-14-12-10-8-6-2;/h2*20-21H,5-19H2,1-4H3,(H,24,25);/q;;+2/p-2. The van der Waals surface area contributed by atoms with Crippen molar-refractivity contribution in [1.29, 1.82) is 0 Å². The van der Waals surface area contributed by atoms with E-state index in [0.29, 0.717) is 24.2 Å². The van der Waals surface area contributed by atoms with Crippen LogP contribution in [0.15, 0.2) is 0 Å². The van der Waals surface area contributed by atoms with Gasteiger partial charge in [0.2, 0.25) is 0 Å². The van der Waals surface area contributed by atoms with Crippen molar-refractivity contribution in [3.8, 4) is 0 Å². The first-order chi connectivity index (χ1) is 24.0. The Morgan fingerprint density at radius 1 is 0.373 bits per heavy atom. The molecule has 300 valence electrons. The van der Waals surface area contributed by atoms with Crippen molar-refractivity contribution < 1.29 is 19.8 Å². The number of hydrogen-bond acceptors (Lipinski definition) is 6. The summed E-state index contributed by atoms with van der Waals surface area (Å²) in [7, 11) is 0. The monoisotopic (exact) mass is 749 g/mol. The molecule has 4 unspecified atom stereocenters. The molecule has 0 aromatic carbocycles. The number of rotatable bonds is 36. The summed E-state index contributed by atoms with van der Waals surface area (Å²) < 4.78 is 0. The van der Waals surface area contributed by atoms with Gasteiger partial charge in [0.25, 0.3) is 0 Å². The van der Waals surface area contributed by atoms with E-state index >= 15 is 0 Å². The van der Waals surface area contributed by atoms with Crippen LogP contribution in [0.3, 0.4) is 0 Å². The molecule has 0 spiro atoms. The minimum Gasteiger partial charge on any atom is -0.549 e. The second kappa shape index (κ2) is 41.3. The average molecular weight is 749 g/mol. The maximum atomic E-state index is 11.2. The maximum Gasteiger partial charge on any atom is 2.00 e. The van der Waals surface area contributed by atoms with Crippen LogP contribution in [0.25, 0.3) is 0 Å². The second-order valence-electron chi connectivity index (χ2n) is 15.7. The fourth-order valence-corrected chi connectivity index (χ4v) is 7.33. The molecule has 0 bridgehead atoms. The Hall–Kier alpha value is 0.120. The van der Waals surface area contributed by atoms with Crippen molar-refractivity contribution in [2.24, 2.45) is 0 Å². The summed E-state index contributed by atoms with van der Waals surface area (Å²) in [4.78, 5) is 26.6. The fraction of sp³-hybridized carbons (Fsp3) is 0.955. The Bertz CT molecular complexity index is 636. The molecule has 0 N–H and O–H groups in total. The van der Waals surface area contributed by atoms with Gasteiger partial charge in [-0.2, -0.15) is 0 Å². The van der Waals surface area contributed by atoms with Gasteiger partial charge in [-0.25, -0.2) is 0 Å². The van der Waals surface area contributed by atoms with Crippen LogP contribution in [0.4, 0.5) is 0 Å². The van der Waals surface area contributed by atoms with Crippen LogP contribution in [-0.4, -0.2) is 96.7 Å². The minimum atomic E-state index is -0.940. The zero-order chi connectivity index (χ0) is 37.8. The Morgan fingerprint density at radius 2 is 0.549 bits per heavy atom. The number of unbranched alkanes of at least 4 members (excludes halogenated alkanes) is 20. The van der Waals surface area contributed by atoms with Crippen LogP contribution in [-0.2, 0) is 9.59 Å². The molecule has 0 aliphatic carbocycles. The molecule has 0 fully saturated rings. The number of carbonyl (C=O) groups is 2. The van der Waals surface area contributed by atoms with Crippen molar-refractivity contribution in [3.05, 3.63) is 0 Å². The van der Waals surface area contributed by atoms with Gasteiger partial charge < -0.3 is 19.8 Å². The third-order valence-corrected chi connectivity index (χ3v) is 10.8. The Labute approximate surface area is 349 Å². The van der Waals surface area contributed by atoms with Crippen LogP contribution in [0.5, 0.6) is 0 Å². The van der Waals surface area contributed by atoms with Gasteiger partial charge in [-0.1, -0.05) is 182 Å². The first-order valence-electron chi connectivity index (χ1n) is 22.0. The van der Waals surface area contributed by atoms with E-state index in [1.807, 2.05) is 0 Å². The quantitative estimate of drug-likeness (QED) is 0.0468. The first-order valence-corrected chi connectivity index (χ1v) is 22.0. The molecule has 0 saturated carbocycles. The van der Waals surface area contributed by atoms with Crippen LogP contribution in [0, 0.1) is 0 Å². The smallest absolute Gasteiger partial charge is 0.549 e. The van der Waals surface area contributed by atoms with E-state index in [9.17, 15) is 19.8 Å². The summed E-state index contributed by atoms with van der Waals surface area (Å²) >= 11 is 0. The van der Waals surface area contributed by atoms with Crippen LogP contribution < -0.4 is 10.2 Å². The molecule has 0 aromatic heterocycles. The van der Waals surface area contributed by atoms with Crippen molar-refractivity contribution >= 4 is 49.7 Å². The molecule has 0 aromatic rings. The summed E-state index contributed by atoms with van der Waals surface area (Å²) in [5.41, 5.74) is 0. The number of carboxylic acids is 2. The molecule has 51 heavy (non-hydrogen) atoms. The average Bonchev–Trinajstić information content (AvgIpc) is 3.08. The second-order valence-corrected chi connectivity index (χ2v) is 15.7. The molecule has 0 aliphatic heterocycles. The van der Waals surface area contributed by atoms with Crippen molar-refractivity contribution in [2.45, 2.75) is 259 Å². The third-order valence-electron chi connectivity index (χ3n) is 10.8. The molecular weight excluding hydrogens is 661 g/mol. The number of aliphatic carboxylic acids is 2. The zero-order valence-electron chi connectivity index (χ0n) is 35.8. The van der Waals surface area contributed by atoms with Gasteiger partial charge >= 0.3 is 37.7 Å². The molecule has 7 heteroatoms. The van der Waals surface area contributed by atoms with Crippen molar-refractivity contribution in [3.63, 3.8) is 0 Å². The zero-order valence-corrected chi connectivity index (χ0v) is 38.0. The maximum absolute atomic E-state index is 11.2. The number of carboxylic acid groups (broad SMARTS) is 2. The Balaban J connectivity index is -0.000000886. The van der Waals surface area contributed by atoms with E-state index in [2.05, 4.69) is 65.2 Å². The number of nitrogens with zero attached hydrogens (tertiary/aromatic N) is 2. The predicted molar refractivity (Wildman–Crippen MR) is 219 cm³/mol.